The maximum absolute atomic E-state index is 3.66. The predicted octanol–water partition coefficient (Wildman–Crippen LogP) is 2.17. The maximum atomic E-state index is 3.66. The van der Waals surface area contributed by atoms with Gasteiger partial charge in [0.1, 0.15) is 0 Å². The second-order valence-corrected chi connectivity index (χ2v) is 5.33. The first kappa shape index (κ1) is 7.60. The van der Waals surface area contributed by atoms with Gasteiger partial charge in [-0.3, -0.25) is 0 Å². The van der Waals surface area contributed by atoms with Crippen LogP contribution in [-0.2, 0) is 0 Å². The molecule has 1 saturated carbocycles. The highest BCUT2D eigenvalue weighted by Crippen LogP contribution is 2.48. The number of piperidine rings is 1. The van der Waals surface area contributed by atoms with Crippen molar-refractivity contribution in [1.82, 2.24) is 5.32 Å². The largest absolute Gasteiger partial charge is 0.311 e. The van der Waals surface area contributed by atoms with Gasteiger partial charge in [0.05, 0.1) is 0 Å². The summed E-state index contributed by atoms with van der Waals surface area (Å²) >= 11 is 0. The van der Waals surface area contributed by atoms with Crippen molar-refractivity contribution in [2.75, 3.05) is 6.54 Å². The van der Waals surface area contributed by atoms with Gasteiger partial charge < -0.3 is 5.32 Å². The van der Waals surface area contributed by atoms with Crippen molar-refractivity contribution >= 4 is 0 Å². The van der Waals surface area contributed by atoms with Gasteiger partial charge in [0.15, 0.2) is 0 Å². The van der Waals surface area contributed by atoms with E-state index in [2.05, 4.69) is 26.1 Å². The molecule has 1 heterocycles. The van der Waals surface area contributed by atoms with Crippen LogP contribution in [0.2, 0.25) is 0 Å². The zero-order chi connectivity index (χ0) is 8.11. The molecule has 2 aliphatic rings. The summed E-state index contributed by atoms with van der Waals surface area (Å²) < 4.78 is 0. The van der Waals surface area contributed by atoms with E-state index in [-0.39, 0.29) is 0 Å². The third-order valence-corrected chi connectivity index (χ3v) is 3.83. The van der Waals surface area contributed by atoms with E-state index in [0.29, 0.717) is 11.0 Å². The molecule has 1 nitrogen and oxygen atoms in total. The van der Waals surface area contributed by atoms with E-state index in [4.69, 9.17) is 0 Å². The van der Waals surface area contributed by atoms with Gasteiger partial charge >= 0.3 is 0 Å². The first-order chi connectivity index (χ1) is 5.02. The molecule has 1 aliphatic carbocycles. The molecule has 1 N–H and O–H groups in total. The fourth-order valence-corrected chi connectivity index (χ4v) is 2.68. The normalized spacial score (nSPS) is 47.7. The highest BCUT2D eigenvalue weighted by Gasteiger charge is 2.46. The summed E-state index contributed by atoms with van der Waals surface area (Å²) in [4.78, 5) is 0. The lowest BCUT2D eigenvalue weighted by Gasteiger charge is -2.41. The number of nitrogens with one attached hydrogen (secondary N) is 1. The number of hydrogen-bond donors (Lipinski definition) is 1. The minimum atomic E-state index is 0.413. The van der Waals surface area contributed by atoms with Gasteiger partial charge in [-0.1, -0.05) is 6.92 Å². The molecule has 1 aliphatic heterocycles. The number of fused-ring (bicyclic) bond motifs is 2. The van der Waals surface area contributed by atoms with E-state index >= 15 is 0 Å². The molecular formula is C10H19N. The van der Waals surface area contributed by atoms with Crippen LogP contribution in [0.25, 0.3) is 0 Å². The molecule has 0 radical (unpaired) electrons. The van der Waals surface area contributed by atoms with Gasteiger partial charge in [-0.25, -0.2) is 0 Å². The van der Waals surface area contributed by atoms with E-state index in [9.17, 15) is 0 Å². The van der Waals surface area contributed by atoms with Gasteiger partial charge in [0.25, 0.3) is 0 Å². The lowest BCUT2D eigenvalue weighted by molar-refractivity contribution is 0.153. The molecule has 2 atom stereocenters. The van der Waals surface area contributed by atoms with Crippen molar-refractivity contribution in [2.45, 2.75) is 45.6 Å². The van der Waals surface area contributed by atoms with Crippen LogP contribution < -0.4 is 5.32 Å². The summed E-state index contributed by atoms with van der Waals surface area (Å²) in [7, 11) is 0. The van der Waals surface area contributed by atoms with Crippen LogP contribution in [0.3, 0.4) is 0 Å². The van der Waals surface area contributed by atoms with Crippen LogP contribution >= 0.6 is 0 Å². The summed E-state index contributed by atoms with van der Waals surface area (Å²) in [6.07, 6.45) is 4.33. The van der Waals surface area contributed by atoms with E-state index in [1.165, 1.54) is 25.8 Å². The van der Waals surface area contributed by atoms with Crippen molar-refractivity contribution < 1.29 is 0 Å². The molecule has 0 aromatic heterocycles. The molecule has 2 rings (SSSR count). The lowest BCUT2D eigenvalue weighted by Crippen LogP contribution is -2.52. The van der Waals surface area contributed by atoms with Crippen molar-refractivity contribution in [3.8, 4) is 0 Å². The molecular weight excluding hydrogens is 134 g/mol. The molecule has 64 valence electrons. The van der Waals surface area contributed by atoms with E-state index in [1.54, 1.807) is 0 Å². The minimum Gasteiger partial charge on any atom is -0.311 e. The highest BCUT2D eigenvalue weighted by molar-refractivity contribution is 5.02. The van der Waals surface area contributed by atoms with E-state index in [0.717, 1.165) is 5.92 Å². The summed E-state index contributed by atoms with van der Waals surface area (Å²) in [5.74, 6) is 0.932. The van der Waals surface area contributed by atoms with Crippen molar-refractivity contribution in [3.63, 3.8) is 0 Å². The molecule has 1 heteroatoms. The Morgan fingerprint density at radius 3 is 2.64 bits per heavy atom. The third-order valence-electron chi connectivity index (χ3n) is 3.83. The Morgan fingerprint density at radius 2 is 2.00 bits per heavy atom. The predicted molar refractivity (Wildman–Crippen MR) is 47.5 cm³/mol. The van der Waals surface area contributed by atoms with Gasteiger partial charge in [0, 0.05) is 12.1 Å². The first-order valence-corrected chi connectivity index (χ1v) is 4.77. The fraction of sp³-hybridized carbons (Fsp3) is 1.00. The van der Waals surface area contributed by atoms with Gasteiger partial charge in [-0.2, -0.15) is 0 Å². The molecule has 1 saturated heterocycles. The molecule has 0 aromatic carbocycles. The van der Waals surface area contributed by atoms with Crippen molar-refractivity contribution in [3.05, 3.63) is 0 Å². The number of hydrogen-bond acceptors (Lipinski definition) is 1. The van der Waals surface area contributed by atoms with Crippen LogP contribution in [0.4, 0.5) is 0 Å². The SMILES string of the molecule is CC12CC[C@@H](C1)C(C)(C)NC2. The zero-order valence-electron chi connectivity index (χ0n) is 7.91. The standard InChI is InChI=1S/C10H19N/c1-9(2)8-4-5-10(3,6-8)7-11-9/h8,11H,4-7H2,1-3H3/t8-,10?/m0/s1. The maximum Gasteiger partial charge on any atom is 0.0153 e. The van der Waals surface area contributed by atoms with Gasteiger partial charge in [-0.15, -0.1) is 0 Å². The van der Waals surface area contributed by atoms with Crippen LogP contribution in [0, 0.1) is 11.3 Å². The lowest BCUT2D eigenvalue weighted by atomic mass is 9.77. The van der Waals surface area contributed by atoms with Crippen LogP contribution in [0.1, 0.15) is 40.0 Å². The quantitative estimate of drug-likeness (QED) is 0.562. The molecule has 2 fully saturated rings. The molecule has 1 unspecified atom stereocenters. The van der Waals surface area contributed by atoms with E-state index < -0.39 is 0 Å². The second-order valence-electron chi connectivity index (χ2n) is 5.33. The molecule has 0 aromatic rings. The fourth-order valence-electron chi connectivity index (χ4n) is 2.68. The smallest absolute Gasteiger partial charge is 0.0153 e. The minimum absolute atomic E-state index is 0.413. The van der Waals surface area contributed by atoms with Crippen LogP contribution in [0.5, 0.6) is 0 Å². The Hall–Kier alpha value is -0.0400. The summed E-state index contributed by atoms with van der Waals surface area (Å²) in [5.41, 5.74) is 1.05. The molecule has 0 amide bonds. The Labute approximate surface area is 69.6 Å². The number of rotatable bonds is 0. The van der Waals surface area contributed by atoms with Crippen LogP contribution in [-0.4, -0.2) is 12.1 Å². The van der Waals surface area contributed by atoms with Crippen molar-refractivity contribution in [1.29, 1.82) is 0 Å². The summed E-state index contributed by atoms with van der Waals surface area (Å²) in [6, 6.07) is 0. The zero-order valence-corrected chi connectivity index (χ0v) is 7.91. The monoisotopic (exact) mass is 153 g/mol. The Balaban J connectivity index is 2.19. The van der Waals surface area contributed by atoms with Crippen LogP contribution in [0.15, 0.2) is 0 Å². The topological polar surface area (TPSA) is 12.0 Å². The Kier molecular flexibility index (Phi) is 1.39. The second kappa shape index (κ2) is 2.01. The Bertz CT molecular complexity index is 174. The molecule has 2 bridgehead atoms. The first-order valence-electron chi connectivity index (χ1n) is 4.77. The average Bonchev–Trinajstić information content (AvgIpc) is 2.25. The highest BCUT2D eigenvalue weighted by atomic mass is 15.0. The summed E-state index contributed by atoms with van der Waals surface area (Å²) in [5, 5.41) is 3.66. The third kappa shape index (κ3) is 1.10. The molecule has 11 heavy (non-hydrogen) atoms. The average molecular weight is 153 g/mol. The van der Waals surface area contributed by atoms with Crippen molar-refractivity contribution in [2.24, 2.45) is 11.3 Å². The van der Waals surface area contributed by atoms with E-state index in [1.807, 2.05) is 0 Å². The van der Waals surface area contributed by atoms with Gasteiger partial charge in [-0.05, 0) is 44.4 Å². The Morgan fingerprint density at radius 1 is 1.27 bits per heavy atom. The molecule has 0 spiro atoms. The summed E-state index contributed by atoms with van der Waals surface area (Å²) in [6.45, 7) is 8.36. The van der Waals surface area contributed by atoms with Gasteiger partial charge in [0.2, 0.25) is 0 Å².